The molecule has 8 nitrogen and oxygen atoms in total. The Labute approximate surface area is 202 Å². The van der Waals surface area contributed by atoms with Gasteiger partial charge in [0.25, 0.3) is 0 Å². The third kappa shape index (κ3) is 5.46. The zero-order valence-electron chi connectivity index (χ0n) is 17.8. The maximum atomic E-state index is 13.2. The highest BCUT2D eigenvalue weighted by atomic mass is 35.5. The molecule has 0 saturated heterocycles. The fourth-order valence-corrected chi connectivity index (χ4v) is 3.46. The summed E-state index contributed by atoms with van der Waals surface area (Å²) in [7, 11) is 0. The second-order valence-corrected chi connectivity index (χ2v) is 7.64. The van der Waals surface area contributed by atoms with Crippen LogP contribution in [0.4, 0.5) is 42.0 Å². The van der Waals surface area contributed by atoms with Crippen LogP contribution < -0.4 is 10.2 Å². The van der Waals surface area contributed by atoms with E-state index < -0.39 is 22.4 Å². The van der Waals surface area contributed by atoms with E-state index in [0.29, 0.717) is 5.82 Å². The highest BCUT2D eigenvalue weighted by Crippen LogP contribution is 2.40. The lowest BCUT2D eigenvalue weighted by molar-refractivity contribution is -0.383. The molecule has 0 aliphatic heterocycles. The van der Waals surface area contributed by atoms with E-state index in [1.807, 2.05) is 30.3 Å². The molecule has 2 heterocycles. The van der Waals surface area contributed by atoms with Crippen LogP contribution in [-0.4, -0.2) is 19.9 Å². The summed E-state index contributed by atoms with van der Waals surface area (Å²) in [6.07, 6.45) is -2.02. The zero-order chi connectivity index (χ0) is 25.0. The standard InChI is InChI=1S/C23H16ClF3N6O2/c24-17-10-9-16(23(25,26)27)12-18(17)31-21-20(33(34)35)22(30-14-29-21)32(19-8-4-5-11-28-19)13-15-6-2-1-3-7-15/h1-12,14H,13H2,(H,29,30,31). The average Bonchev–Trinajstić information content (AvgIpc) is 2.84. The minimum absolute atomic E-state index is 0.0710. The molecule has 0 fully saturated rings. The first kappa shape index (κ1) is 23.9. The van der Waals surface area contributed by atoms with Crippen molar-refractivity contribution in [3.05, 3.63) is 106 Å². The van der Waals surface area contributed by atoms with Crippen molar-refractivity contribution in [1.82, 2.24) is 15.0 Å². The Morgan fingerprint density at radius 2 is 1.74 bits per heavy atom. The number of hydrogen-bond donors (Lipinski definition) is 1. The van der Waals surface area contributed by atoms with E-state index in [4.69, 9.17) is 11.6 Å². The molecule has 0 bridgehead atoms. The van der Waals surface area contributed by atoms with Gasteiger partial charge in [-0.1, -0.05) is 48.0 Å². The number of hydrogen-bond acceptors (Lipinski definition) is 7. The van der Waals surface area contributed by atoms with E-state index in [0.717, 1.165) is 30.1 Å². The van der Waals surface area contributed by atoms with Crippen molar-refractivity contribution in [3.8, 4) is 0 Å². The fraction of sp³-hybridized carbons (Fsp3) is 0.0870. The first-order valence-corrected chi connectivity index (χ1v) is 10.5. The summed E-state index contributed by atoms with van der Waals surface area (Å²) in [4.78, 5) is 25.3. The van der Waals surface area contributed by atoms with Gasteiger partial charge in [-0.3, -0.25) is 10.1 Å². The smallest absolute Gasteiger partial charge is 0.333 e. The van der Waals surface area contributed by atoms with Crippen molar-refractivity contribution in [2.45, 2.75) is 12.7 Å². The van der Waals surface area contributed by atoms with Crippen LogP contribution in [0.3, 0.4) is 0 Å². The molecule has 1 N–H and O–H groups in total. The minimum atomic E-state index is -4.63. The number of anilines is 4. The Hall–Kier alpha value is -4.25. The van der Waals surface area contributed by atoms with E-state index in [1.54, 1.807) is 18.2 Å². The lowest BCUT2D eigenvalue weighted by Crippen LogP contribution is -2.21. The molecule has 0 amide bonds. The molecular weight excluding hydrogens is 485 g/mol. The van der Waals surface area contributed by atoms with E-state index in [-0.39, 0.29) is 28.9 Å². The lowest BCUT2D eigenvalue weighted by Gasteiger charge is -2.23. The zero-order valence-corrected chi connectivity index (χ0v) is 18.5. The predicted octanol–water partition coefficient (Wildman–Crippen LogP) is 6.53. The van der Waals surface area contributed by atoms with E-state index in [1.165, 1.54) is 11.1 Å². The van der Waals surface area contributed by atoms with Crippen molar-refractivity contribution in [3.63, 3.8) is 0 Å². The molecule has 2 aromatic heterocycles. The molecule has 2 aromatic carbocycles. The number of pyridine rings is 1. The number of nitro groups is 1. The number of nitrogens with zero attached hydrogens (tertiary/aromatic N) is 5. The van der Waals surface area contributed by atoms with Gasteiger partial charge in [-0.05, 0) is 35.9 Å². The molecule has 0 atom stereocenters. The van der Waals surface area contributed by atoms with Gasteiger partial charge >= 0.3 is 11.9 Å². The molecule has 0 saturated carbocycles. The number of alkyl halides is 3. The van der Waals surface area contributed by atoms with Gasteiger partial charge in [-0.2, -0.15) is 13.2 Å². The van der Waals surface area contributed by atoms with E-state index >= 15 is 0 Å². The molecule has 4 aromatic rings. The molecule has 0 spiro atoms. The van der Waals surface area contributed by atoms with Gasteiger partial charge in [0.05, 0.1) is 27.7 Å². The number of benzene rings is 2. The van der Waals surface area contributed by atoms with Gasteiger partial charge in [-0.15, -0.1) is 0 Å². The summed E-state index contributed by atoms with van der Waals surface area (Å²) < 4.78 is 39.6. The molecule has 35 heavy (non-hydrogen) atoms. The quantitative estimate of drug-likeness (QED) is 0.227. The van der Waals surface area contributed by atoms with Crippen molar-refractivity contribution in [1.29, 1.82) is 0 Å². The first-order valence-electron chi connectivity index (χ1n) is 10.1. The first-order chi connectivity index (χ1) is 16.7. The summed E-state index contributed by atoms with van der Waals surface area (Å²) in [6.45, 7) is 0.180. The minimum Gasteiger partial charge on any atom is -0.333 e. The van der Waals surface area contributed by atoms with Crippen molar-refractivity contribution < 1.29 is 18.1 Å². The molecule has 0 unspecified atom stereocenters. The van der Waals surface area contributed by atoms with Crippen molar-refractivity contribution in [2.24, 2.45) is 0 Å². The number of nitrogens with one attached hydrogen (secondary N) is 1. The van der Waals surface area contributed by atoms with Gasteiger partial charge in [0, 0.05) is 6.20 Å². The molecule has 178 valence electrons. The van der Waals surface area contributed by atoms with Crippen molar-refractivity contribution in [2.75, 3.05) is 10.2 Å². The molecule has 0 radical (unpaired) electrons. The Morgan fingerprint density at radius 3 is 2.40 bits per heavy atom. The highest BCUT2D eigenvalue weighted by molar-refractivity contribution is 6.33. The molecule has 12 heteroatoms. The maximum Gasteiger partial charge on any atom is 0.416 e. The third-order valence-electron chi connectivity index (χ3n) is 4.90. The van der Waals surface area contributed by atoms with E-state index in [9.17, 15) is 23.3 Å². The average molecular weight is 501 g/mol. The molecule has 4 rings (SSSR count). The van der Waals surface area contributed by atoms with Crippen LogP contribution in [0.2, 0.25) is 5.02 Å². The Balaban J connectivity index is 1.82. The van der Waals surface area contributed by atoms with Gasteiger partial charge in [-0.25, -0.2) is 15.0 Å². The number of rotatable bonds is 7. The summed E-state index contributed by atoms with van der Waals surface area (Å²) >= 11 is 6.07. The van der Waals surface area contributed by atoms with Crippen LogP contribution in [0.5, 0.6) is 0 Å². The topological polar surface area (TPSA) is 97.1 Å². The second-order valence-electron chi connectivity index (χ2n) is 7.23. The van der Waals surface area contributed by atoms with Gasteiger partial charge < -0.3 is 10.2 Å². The molecular formula is C23H16ClF3N6O2. The van der Waals surface area contributed by atoms with Crippen LogP contribution in [0.1, 0.15) is 11.1 Å². The number of halogens is 4. The van der Waals surface area contributed by atoms with Gasteiger partial charge in [0.15, 0.2) is 0 Å². The third-order valence-corrected chi connectivity index (χ3v) is 5.23. The number of aromatic nitrogens is 3. The van der Waals surface area contributed by atoms with E-state index in [2.05, 4.69) is 20.3 Å². The summed E-state index contributed by atoms with van der Waals surface area (Å²) in [6, 6.07) is 16.9. The fourth-order valence-electron chi connectivity index (χ4n) is 3.30. The van der Waals surface area contributed by atoms with Crippen LogP contribution >= 0.6 is 11.6 Å². The van der Waals surface area contributed by atoms with Gasteiger partial charge in [0.2, 0.25) is 11.6 Å². The van der Waals surface area contributed by atoms with Crippen LogP contribution in [0.25, 0.3) is 0 Å². The largest absolute Gasteiger partial charge is 0.416 e. The Bertz CT molecular complexity index is 1340. The van der Waals surface area contributed by atoms with Gasteiger partial charge in [0.1, 0.15) is 12.1 Å². The Kier molecular flexibility index (Phi) is 6.78. The highest BCUT2D eigenvalue weighted by Gasteiger charge is 2.32. The van der Waals surface area contributed by atoms with Crippen LogP contribution in [0, 0.1) is 10.1 Å². The SMILES string of the molecule is O=[N+]([O-])c1c(Nc2cc(C(F)(F)F)ccc2Cl)ncnc1N(Cc1ccccc1)c1ccccn1. The predicted molar refractivity (Wildman–Crippen MR) is 125 cm³/mol. The summed E-state index contributed by atoms with van der Waals surface area (Å²) in [5.41, 5.74) is -0.897. The molecule has 0 aliphatic carbocycles. The second kappa shape index (κ2) is 9.94. The summed E-state index contributed by atoms with van der Waals surface area (Å²) in [5, 5.41) is 14.7. The monoisotopic (exact) mass is 500 g/mol. The maximum absolute atomic E-state index is 13.2. The normalized spacial score (nSPS) is 11.2. The Morgan fingerprint density at radius 1 is 1.00 bits per heavy atom. The lowest BCUT2D eigenvalue weighted by atomic mass is 10.2. The van der Waals surface area contributed by atoms with Crippen LogP contribution in [-0.2, 0) is 12.7 Å². The van der Waals surface area contributed by atoms with Crippen LogP contribution in [0.15, 0.2) is 79.3 Å². The van der Waals surface area contributed by atoms with Crippen molar-refractivity contribution >= 4 is 40.4 Å². The summed E-state index contributed by atoms with van der Waals surface area (Å²) in [5.74, 6) is -0.0467. The molecule has 0 aliphatic rings.